The molecule has 1 aromatic carbocycles. The summed E-state index contributed by atoms with van der Waals surface area (Å²) in [6.45, 7) is 1.78. The van der Waals surface area contributed by atoms with E-state index in [0.29, 0.717) is 17.3 Å². The van der Waals surface area contributed by atoms with E-state index in [-0.39, 0.29) is 5.91 Å². The zero-order valence-corrected chi connectivity index (χ0v) is 14.0. The van der Waals surface area contributed by atoms with Gasteiger partial charge >= 0.3 is 5.97 Å². The number of ether oxygens (including phenoxy) is 1. The van der Waals surface area contributed by atoms with Gasteiger partial charge in [0.05, 0.1) is 5.69 Å². The van der Waals surface area contributed by atoms with Gasteiger partial charge in [-0.25, -0.2) is 4.79 Å². The largest absolute Gasteiger partial charge is 0.453 e. The van der Waals surface area contributed by atoms with Crippen LogP contribution in [0.25, 0.3) is 6.08 Å². The summed E-state index contributed by atoms with van der Waals surface area (Å²) >= 11 is 0. The highest BCUT2D eigenvalue weighted by Gasteiger charge is 2.23. The van der Waals surface area contributed by atoms with E-state index >= 15 is 0 Å². The van der Waals surface area contributed by atoms with Gasteiger partial charge in [0.2, 0.25) is 0 Å². The van der Waals surface area contributed by atoms with Crippen LogP contribution >= 0.6 is 0 Å². The normalized spacial score (nSPS) is 14.9. The fourth-order valence-electron chi connectivity index (χ4n) is 2.30. The first-order valence-corrected chi connectivity index (χ1v) is 8.32. The first-order valence-electron chi connectivity index (χ1n) is 8.32. The van der Waals surface area contributed by atoms with E-state index in [1.54, 1.807) is 43.5 Å². The smallest absolute Gasteiger partial charge is 0.331 e. The quantitative estimate of drug-likeness (QED) is 0.649. The Balaban J connectivity index is 1.54. The Morgan fingerprint density at radius 2 is 1.96 bits per heavy atom. The van der Waals surface area contributed by atoms with Gasteiger partial charge in [-0.2, -0.15) is 0 Å². The molecule has 1 aromatic heterocycles. The predicted octanol–water partition coefficient (Wildman–Crippen LogP) is 3.29. The number of carbonyl (C=O) groups excluding carboxylic acids is 2. The number of benzene rings is 1. The Morgan fingerprint density at radius 3 is 2.60 bits per heavy atom. The molecule has 0 radical (unpaired) electrons. The van der Waals surface area contributed by atoms with E-state index in [9.17, 15) is 9.59 Å². The summed E-state index contributed by atoms with van der Waals surface area (Å²) in [5, 5.41) is 2.94. The molecular formula is C20H20N2O3. The Hall–Kier alpha value is -2.95. The maximum absolute atomic E-state index is 11.9. The minimum atomic E-state index is -0.436. The van der Waals surface area contributed by atoms with E-state index in [0.717, 1.165) is 18.4 Å². The van der Waals surface area contributed by atoms with Crippen LogP contribution in [0.15, 0.2) is 54.7 Å². The van der Waals surface area contributed by atoms with Crippen LogP contribution in [0.1, 0.15) is 47.5 Å². The van der Waals surface area contributed by atoms with Crippen molar-refractivity contribution in [3.05, 3.63) is 71.6 Å². The maximum atomic E-state index is 11.9. The molecule has 1 atom stereocenters. The lowest BCUT2D eigenvalue weighted by Gasteiger charge is -2.10. The van der Waals surface area contributed by atoms with Crippen LogP contribution in [0.3, 0.4) is 0 Å². The van der Waals surface area contributed by atoms with Gasteiger partial charge in [-0.1, -0.05) is 18.2 Å². The van der Waals surface area contributed by atoms with Crippen molar-refractivity contribution in [3.63, 3.8) is 0 Å². The van der Waals surface area contributed by atoms with Crippen LogP contribution in [0.2, 0.25) is 0 Å². The van der Waals surface area contributed by atoms with E-state index in [1.165, 1.54) is 6.08 Å². The van der Waals surface area contributed by atoms with E-state index in [4.69, 9.17) is 4.74 Å². The van der Waals surface area contributed by atoms with E-state index in [1.807, 2.05) is 18.2 Å². The Kier molecular flexibility index (Phi) is 5.23. The van der Waals surface area contributed by atoms with Crippen LogP contribution in [0.5, 0.6) is 0 Å². The number of carbonyl (C=O) groups is 2. The van der Waals surface area contributed by atoms with Crippen molar-refractivity contribution in [1.29, 1.82) is 0 Å². The van der Waals surface area contributed by atoms with Gasteiger partial charge in [0.25, 0.3) is 5.91 Å². The van der Waals surface area contributed by atoms with Crippen molar-refractivity contribution in [2.75, 3.05) is 0 Å². The van der Waals surface area contributed by atoms with Crippen LogP contribution in [0.4, 0.5) is 0 Å². The molecule has 1 saturated carbocycles. The summed E-state index contributed by atoms with van der Waals surface area (Å²) in [6, 6.07) is 12.9. The molecule has 2 aromatic rings. The Bertz CT molecular complexity index is 765. The molecule has 0 aliphatic heterocycles. The van der Waals surface area contributed by atoms with E-state index in [2.05, 4.69) is 10.3 Å². The number of rotatable bonds is 6. The third-order valence-electron chi connectivity index (χ3n) is 3.89. The topological polar surface area (TPSA) is 68.3 Å². The SMILES string of the molecule is CC(OC(=O)C=Cc1ccc(C(=O)NC2CC2)cc1)c1ccccn1. The molecule has 0 spiro atoms. The number of pyridine rings is 1. The van der Waals surface area contributed by atoms with Crippen molar-refractivity contribution >= 4 is 18.0 Å². The molecule has 128 valence electrons. The third kappa shape index (κ3) is 5.01. The first-order chi connectivity index (χ1) is 12.1. The molecule has 5 heteroatoms. The first kappa shape index (κ1) is 16.9. The summed E-state index contributed by atoms with van der Waals surface area (Å²) in [5.41, 5.74) is 2.15. The number of esters is 1. The molecule has 25 heavy (non-hydrogen) atoms. The summed E-state index contributed by atoms with van der Waals surface area (Å²) in [5.74, 6) is -0.490. The maximum Gasteiger partial charge on any atom is 0.331 e. The lowest BCUT2D eigenvalue weighted by atomic mass is 10.1. The molecular weight excluding hydrogens is 316 g/mol. The number of hydrogen-bond acceptors (Lipinski definition) is 4. The van der Waals surface area contributed by atoms with Gasteiger partial charge in [-0.05, 0) is 55.7 Å². The average molecular weight is 336 g/mol. The molecule has 1 amide bonds. The van der Waals surface area contributed by atoms with Crippen molar-refractivity contribution in [2.45, 2.75) is 31.9 Å². The second kappa shape index (κ2) is 7.75. The van der Waals surface area contributed by atoms with Crippen LogP contribution < -0.4 is 5.32 Å². The number of nitrogens with zero attached hydrogens (tertiary/aromatic N) is 1. The predicted molar refractivity (Wildman–Crippen MR) is 94.7 cm³/mol. The lowest BCUT2D eigenvalue weighted by Crippen LogP contribution is -2.25. The molecule has 1 unspecified atom stereocenters. The molecule has 0 saturated heterocycles. The minimum Gasteiger partial charge on any atom is -0.453 e. The van der Waals surface area contributed by atoms with E-state index < -0.39 is 12.1 Å². The van der Waals surface area contributed by atoms with Gasteiger partial charge in [0.1, 0.15) is 6.10 Å². The van der Waals surface area contributed by atoms with Gasteiger partial charge in [-0.15, -0.1) is 0 Å². The van der Waals surface area contributed by atoms with Gasteiger partial charge in [0.15, 0.2) is 0 Å². The molecule has 1 N–H and O–H groups in total. The highest BCUT2D eigenvalue weighted by molar-refractivity contribution is 5.95. The standard InChI is InChI=1S/C20H20N2O3/c1-14(18-4-2-3-13-21-18)25-19(23)12-7-15-5-8-16(9-6-15)20(24)22-17-10-11-17/h2-9,12-14,17H,10-11H2,1H3,(H,22,24). The lowest BCUT2D eigenvalue weighted by molar-refractivity contribution is -0.142. The molecule has 1 aliphatic rings. The second-order valence-electron chi connectivity index (χ2n) is 6.04. The Labute approximate surface area is 146 Å². The third-order valence-corrected chi connectivity index (χ3v) is 3.89. The molecule has 3 rings (SSSR count). The summed E-state index contributed by atoms with van der Waals surface area (Å²) in [6.07, 6.45) is 6.41. The number of hydrogen-bond donors (Lipinski definition) is 1. The summed E-state index contributed by atoms with van der Waals surface area (Å²) in [7, 11) is 0. The summed E-state index contributed by atoms with van der Waals surface area (Å²) < 4.78 is 5.32. The van der Waals surface area contributed by atoms with Gasteiger partial charge < -0.3 is 10.1 Å². The van der Waals surface area contributed by atoms with Crippen molar-refractivity contribution in [1.82, 2.24) is 10.3 Å². The minimum absolute atomic E-state index is 0.0541. The molecule has 0 bridgehead atoms. The van der Waals surface area contributed by atoms with Gasteiger partial charge in [-0.3, -0.25) is 9.78 Å². The summed E-state index contributed by atoms with van der Waals surface area (Å²) in [4.78, 5) is 28.0. The fourth-order valence-corrected chi connectivity index (χ4v) is 2.30. The zero-order chi connectivity index (χ0) is 17.6. The molecule has 1 aliphatic carbocycles. The number of amides is 1. The van der Waals surface area contributed by atoms with Crippen molar-refractivity contribution in [3.8, 4) is 0 Å². The second-order valence-corrected chi connectivity index (χ2v) is 6.04. The highest BCUT2D eigenvalue weighted by atomic mass is 16.5. The Morgan fingerprint density at radius 1 is 1.20 bits per heavy atom. The van der Waals surface area contributed by atoms with Crippen molar-refractivity contribution < 1.29 is 14.3 Å². The average Bonchev–Trinajstić information content (AvgIpc) is 3.45. The monoisotopic (exact) mass is 336 g/mol. The molecule has 5 nitrogen and oxygen atoms in total. The van der Waals surface area contributed by atoms with Crippen LogP contribution in [-0.4, -0.2) is 22.9 Å². The fraction of sp³-hybridized carbons (Fsp3) is 0.250. The number of aromatic nitrogens is 1. The molecule has 1 fully saturated rings. The molecule has 1 heterocycles. The van der Waals surface area contributed by atoms with Crippen LogP contribution in [0, 0.1) is 0 Å². The van der Waals surface area contributed by atoms with Crippen molar-refractivity contribution in [2.24, 2.45) is 0 Å². The zero-order valence-electron chi connectivity index (χ0n) is 14.0. The number of nitrogens with one attached hydrogen (secondary N) is 1. The van der Waals surface area contributed by atoms with Gasteiger partial charge in [0, 0.05) is 23.9 Å². The highest BCUT2D eigenvalue weighted by Crippen LogP contribution is 2.19. The van der Waals surface area contributed by atoms with Crippen LogP contribution in [-0.2, 0) is 9.53 Å².